The third-order valence-electron chi connectivity index (χ3n) is 5.16. The molecule has 0 radical (unpaired) electrons. The van der Waals surface area contributed by atoms with E-state index in [4.69, 9.17) is 0 Å². The first-order chi connectivity index (χ1) is 11.7. The molecule has 2 fully saturated rings. The van der Waals surface area contributed by atoms with Crippen molar-refractivity contribution in [3.63, 3.8) is 0 Å². The summed E-state index contributed by atoms with van der Waals surface area (Å²) in [6.07, 6.45) is 0.921. The first-order valence-electron chi connectivity index (χ1n) is 8.59. The van der Waals surface area contributed by atoms with E-state index in [1.807, 2.05) is 36.4 Å². The van der Waals surface area contributed by atoms with Gasteiger partial charge < -0.3 is 5.32 Å². The van der Waals surface area contributed by atoms with E-state index < -0.39 is 10.0 Å². The van der Waals surface area contributed by atoms with Crippen LogP contribution in [0, 0.1) is 0 Å². The molecule has 0 bridgehead atoms. The Labute approximate surface area is 155 Å². The second-order valence-corrected chi connectivity index (χ2v) is 8.48. The highest BCUT2D eigenvalue weighted by Crippen LogP contribution is 2.29. The van der Waals surface area contributed by atoms with Crippen LogP contribution in [0.4, 0.5) is 0 Å². The molecule has 2 heterocycles. The molecule has 1 atom stereocenters. The minimum absolute atomic E-state index is 0. The highest BCUT2D eigenvalue weighted by Gasteiger charge is 2.36. The standard InChI is InChI=1S/C18H23N3O2S.ClH/c22-24(23,18-7-3-5-15-4-1-2-6-17(15)18)21-11-8-16(14-21)20-12-9-19-10-13-20;/h1-7,16,19H,8-14H2;1H. The van der Waals surface area contributed by atoms with E-state index in [-0.39, 0.29) is 12.4 Å². The maximum absolute atomic E-state index is 13.2. The Kier molecular flexibility index (Phi) is 5.65. The van der Waals surface area contributed by atoms with E-state index in [9.17, 15) is 8.42 Å². The number of nitrogens with zero attached hydrogens (tertiary/aromatic N) is 2. The highest BCUT2D eigenvalue weighted by atomic mass is 35.5. The van der Waals surface area contributed by atoms with Crippen molar-refractivity contribution < 1.29 is 8.42 Å². The number of sulfonamides is 1. The minimum Gasteiger partial charge on any atom is -0.314 e. The van der Waals surface area contributed by atoms with Gasteiger partial charge in [-0.25, -0.2) is 8.42 Å². The zero-order chi connectivity index (χ0) is 16.6. The van der Waals surface area contributed by atoms with Crippen molar-refractivity contribution in [2.24, 2.45) is 0 Å². The van der Waals surface area contributed by atoms with Crippen LogP contribution in [0.15, 0.2) is 47.4 Å². The number of halogens is 1. The summed E-state index contributed by atoms with van der Waals surface area (Å²) in [5, 5.41) is 5.13. The number of piperazine rings is 1. The molecule has 0 amide bonds. The Balaban J connectivity index is 0.00000182. The van der Waals surface area contributed by atoms with E-state index in [2.05, 4.69) is 10.2 Å². The van der Waals surface area contributed by atoms with Crippen LogP contribution in [0.5, 0.6) is 0 Å². The molecule has 2 aromatic carbocycles. The fraction of sp³-hybridized carbons (Fsp3) is 0.444. The van der Waals surface area contributed by atoms with Crippen molar-refractivity contribution in [1.29, 1.82) is 0 Å². The summed E-state index contributed by atoms with van der Waals surface area (Å²) in [6.45, 7) is 5.21. The molecule has 136 valence electrons. The van der Waals surface area contributed by atoms with E-state index in [1.165, 1.54) is 0 Å². The summed E-state index contributed by atoms with van der Waals surface area (Å²) < 4.78 is 28.0. The predicted molar refractivity (Wildman–Crippen MR) is 103 cm³/mol. The van der Waals surface area contributed by atoms with Crippen LogP contribution in [-0.2, 0) is 10.0 Å². The zero-order valence-corrected chi connectivity index (χ0v) is 15.7. The molecule has 7 heteroatoms. The Bertz CT molecular complexity index is 832. The summed E-state index contributed by atoms with van der Waals surface area (Å²) >= 11 is 0. The third kappa shape index (κ3) is 3.55. The second kappa shape index (κ2) is 7.60. The lowest BCUT2D eigenvalue weighted by Gasteiger charge is -2.32. The van der Waals surface area contributed by atoms with Crippen molar-refractivity contribution in [3.05, 3.63) is 42.5 Å². The molecular formula is C18H24ClN3O2S. The number of hydrogen-bond acceptors (Lipinski definition) is 4. The van der Waals surface area contributed by atoms with Crippen LogP contribution >= 0.6 is 12.4 Å². The van der Waals surface area contributed by atoms with E-state index in [1.54, 1.807) is 10.4 Å². The van der Waals surface area contributed by atoms with Crippen LogP contribution < -0.4 is 5.32 Å². The maximum Gasteiger partial charge on any atom is 0.243 e. The number of hydrogen-bond donors (Lipinski definition) is 1. The van der Waals surface area contributed by atoms with Gasteiger partial charge in [-0.2, -0.15) is 4.31 Å². The van der Waals surface area contributed by atoms with Crippen molar-refractivity contribution >= 4 is 33.2 Å². The van der Waals surface area contributed by atoms with Gasteiger partial charge in [0.1, 0.15) is 0 Å². The highest BCUT2D eigenvalue weighted by molar-refractivity contribution is 7.89. The predicted octanol–water partition coefficient (Wildman–Crippen LogP) is 1.93. The zero-order valence-electron chi connectivity index (χ0n) is 14.1. The van der Waals surface area contributed by atoms with Crippen LogP contribution in [0.1, 0.15) is 6.42 Å². The summed E-state index contributed by atoms with van der Waals surface area (Å²) in [6, 6.07) is 13.6. The van der Waals surface area contributed by atoms with Crippen LogP contribution in [-0.4, -0.2) is 62.9 Å². The van der Waals surface area contributed by atoms with Crippen molar-refractivity contribution in [2.45, 2.75) is 17.4 Å². The summed E-state index contributed by atoms with van der Waals surface area (Å²) in [5.41, 5.74) is 0. The molecule has 2 saturated heterocycles. The lowest BCUT2D eigenvalue weighted by atomic mass is 10.1. The van der Waals surface area contributed by atoms with Gasteiger partial charge in [0, 0.05) is 50.7 Å². The molecule has 0 aromatic heterocycles. The molecule has 2 aromatic rings. The van der Waals surface area contributed by atoms with Gasteiger partial charge in [-0.1, -0.05) is 36.4 Å². The first kappa shape index (κ1) is 18.6. The van der Waals surface area contributed by atoms with E-state index >= 15 is 0 Å². The van der Waals surface area contributed by atoms with Crippen LogP contribution in [0.25, 0.3) is 10.8 Å². The van der Waals surface area contributed by atoms with Gasteiger partial charge in [-0.05, 0) is 17.9 Å². The monoisotopic (exact) mass is 381 g/mol. The Morgan fingerprint density at radius 1 is 0.960 bits per heavy atom. The lowest BCUT2D eigenvalue weighted by Crippen LogP contribution is -2.49. The molecule has 5 nitrogen and oxygen atoms in total. The van der Waals surface area contributed by atoms with Crippen LogP contribution in [0.2, 0.25) is 0 Å². The minimum atomic E-state index is -3.45. The van der Waals surface area contributed by atoms with Crippen molar-refractivity contribution in [1.82, 2.24) is 14.5 Å². The van der Waals surface area contributed by atoms with E-state index in [0.717, 1.165) is 43.4 Å². The molecule has 2 aliphatic heterocycles. The van der Waals surface area contributed by atoms with Crippen molar-refractivity contribution in [3.8, 4) is 0 Å². The molecule has 0 aliphatic carbocycles. The molecule has 0 saturated carbocycles. The second-order valence-electron chi connectivity index (χ2n) is 6.57. The average Bonchev–Trinajstić information content (AvgIpc) is 3.13. The van der Waals surface area contributed by atoms with Gasteiger partial charge in [0.25, 0.3) is 0 Å². The van der Waals surface area contributed by atoms with E-state index in [0.29, 0.717) is 24.0 Å². The molecule has 4 rings (SSSR count). The van der Waals surface area contributed by atoms with Gasteiger partial charge in [-0.3, -0.25) is 4.90 Å². The van der Waals surface area contributed by atoms with Gasteiger partial charge >= 0.3 is 0 Å². The number of rotatable bonds is 3. The Morgan fingerprint density at radius 3 is 2.48 bits per heavy atom. The van der Waals surface area contributed by atoms with Gasteiger partial charge in [0.05, 0.1) is 4.90 Å². The van der Waals surface area contributed by atoms with Crippen LogP contribution in [0.3, 0.4) is 0 Å². The Hall–Kier alpha value is -1.18. The lowest BCUT2D eigenvalue weighted by molar-refractivity contribution is 0.179. The van der Waals surface area contributed by atoms with Gasteiger partial charge in [0.2, 0.25) is 10.0 Å². The summed E-state index contributed by atoms with van der Waals surface area (Å²) in [4.78, 5) is 2.86. The number of benzene rings is 2. The molecule has 25 heavy (non-hydrogen) atoms. The number of fused-ring (bicyclic) bond motifs is 1. The van der Waals surface area contributed by atoms with Crippen molar-refractivity contribution in [2.75, 3.05) is 39.3 Å². The normalized spacial score (nSPS) is 22.8. The summed E-state index contributed by atoms with van der Waals surface area (Å²) in [5.74, 6) is 0. The van der Waals surface area contributed by atoms with Gasteiger partial charge in [-0.15, -0.1) is 12.4 Å². The quantitative estimate of drug-likeness (QED) is 0.882. The fourth-order valence-corrected chi connectivity index (χ4v) is 5.54. The molecular weight excluding hydrogens is 358 g/mol. The molecule has 1 unspecified atom stereocenters. The summed E-state index contributed by atoms with van der Waals surface area (Å²) in [7, 11) is -3.45. The smallest absolute Gasteiger partial charge is 0.243 e. The molecule has 2 aliphatic rings. The maximum atomic E-state index is 13.2. The average molecular weight is 382 g/mol. The topological polar surface area (TPSA) is 52.7 Å². The fourth-order valence-electron chi connectivity index (χ4n) is 3.83. The first-order valence-corrected chi connectivity index (χ1v) is 10.0. The largest absolute Gasteiger partial charge is 0.314 e. The molecule has 1 N–H and O–H groups in total. The SMILES string of the molecule is Cl.O=S(=O)(c1cccc2ccccc12)N1CCC(N2CCNCC2)C1. The Morgan fingerprint density at radius 2 is 1.68 bits per heavy atom. The third-order valence-corrected chi connectivity index (χ3v) is 7.08. The number of nitrogens with one attached hydrogen (secondary N) is 1. The van der Waals surface area contributed by atoms with Gasteiger partial charge in [0.15, 0.2) is 0 Å². The molecule has 0 spiro atoms.